The van der Waals surface area contributed by atoms with E-state index in [1.165, 1.54) is 5.69 Å². The molecule has 1 aliphatic rings. The highest BCUT2D eigenvalue weighted by atomic mass is 35.5. The molecule has 0 radical (unpaired) electrons. The van der Waals surface area contributed by atoms with Crippen LogP contribution in [0.4, 0.5) is 5.69 Å². The summed E-state index contributed by atoms with van der Waals surface area (Å²) in [4.78, 5) is 16.9. The average molecular weight is 359 g/mol. The maximum absolute atomic E-state index is 12.9. The highest BCUT2D eigenvalue weighted by Gasteiger charge is 2.26. The largest absolute Gasteiger partial charge is 0.481 e. The summed E-state index contributed by atoms with van der Waals surface area (Å²) in [6.07, 6.45) is -0.545. The molecule has 3 rings (SSSR count). The van der Waals surface area contributed by atoms with Crippen molar-refractivity contribution in [1.29, 1.82) is 0 Å². The number of hydrogen-bond donors (Lipinski definition) is 0. The van der Waals surface area contributed by atoms with Crippen molar-refractivity contribution in [1.82, 2.24) is 4.90 Å². The van der Waals surface area contributed by atoms with Gasteiger partial charge < -0.3 is 14.5 Å². The molecule has 0 spiro atoms. The van der Waals surface area contributed by atoms with Crippen LogP contribution in [0, 0.1) is 6.92 Å². The van der Waals surface area contributed by atoms with Gasteiger partial charge in [0.05, 0.1) is 0 Å². The fourth-order valence-corrected chi connectivity index (χ4v) is 3.20. The van der Waals surface area contributed by atoms with Gasteiger partial charge in [0, 0.05) is 37.4 Å². The van der Waals surface area contributed by atoms with E-state index in [2.05, 4.69) is 24.1 Å². The van der Waals surface area contributed by atoms with E-state index in [0.717, 1.165) is 17.7 Å². The zero-order valence-electron chi connectivity index (χ0n) is 14.8. The number of ether oxygens (including phenoxy) is 1. The van der Waals surface area contributed by atoms with Crippen molar-refractivity contribution < 1.29 is 9.53 Å². The molecule has 0 aliphatic carbocycles. The van der Waals surface area contributed by atoms with E-state index in [1.807, 2.05) is 30.0 Å². The van der Waals surface area contributed by atoms with Crippen molar-refractivity contribution in [3.63, 3.8) is 0 Å². The third-order valence-corrected chi connectivity index (χ3v) is 5.00. The Morgan fingerprint density at radius 2 is 1.96 bits per heavy atom. The Kier molecular flexibility index (Phi) is 5.19. The maximum Gasteiger partial charge on any atom is 0.263 e. The van der Waals surface area contributed by atoms with Gasteiger partial charge in [-0.1, -0.05) is 29.8 Å². The lowest BCUT2D eigenvalue weighted by molar-refractivity contribution is -0.138. The van der Waals surface area contributed by atoms with Gasteiger partial charge in [-0.25, -0.2) is 0 Å². The molecule has 0 N–H and O–H groups in total. The third-order valence-electron chi connectivity index (χ3n) is 4.57. The van der Waals surface area contributed by atoms with Gasteiger partial charge in [-0.2, -0.15) is 0 Å². The number of benzene rings is 2. The lowest BCUT2D eigenvalue weighted by atomic mass is 10.1. The van der Waals surface area contributed by atoms with Gasteiger partial charge in [0.15, 0.2) is 6.10 Å². The first-order chi connectivity index (χ1) is 12.0. The Labute approximate surface area is 154 Å². The molecule has 1 atom stereocenters. The van der Waals surface area contributed by atoms with Crippen LogP contribution in [0.2, 0.25) is 5.02 Å². The molecule has 0 aromatic heterocycles. The number of aryl methyl sites for hydroxylation is 1. The van der Waals surface area contributed by atoms with E-state index in [9.17, 15) is 4.79 Å². The second-order valence-electron chi connectivity index (χ2n) is 6.48. The second-order valence-corrected chi connectivity index (χ2v) is 6.89. The average Bonchev–Trinajstić information content (AvgIpc) is 2.77. The van der Waals surface area contributed by atoms with E-state index in [-0.39, 0.29) is 5.91 Å². The number of fused-ring (bicyclic) bond motifs is 1. The van der Waals surface area contributed by atoms with Gasteiger partial charge in [0.1, 0.15) is 5.75 Å². The molecule has 1 amide bonds. The van der Waals surface area contributed by atoms with Gasteiger partial charge in [-0.15, -0.1) is 0 Å². The van der Waals surface area contributed by atoms with Crippen LogP contribution in [0.3, 0.4) is 0 Å². The highest BCUT2D eigenvalue weighted by molar-refractivity contribution is 6.31. The van der Waals surface area contributed by atoms with Crippen molar-refractivity contribution in [3.05, 3.63) is 58.6 Å². The van der Waals surface area contributed by atoms with Gasteiger partial charge in [0.25, 0.3) is 5.91 Å². The lowest BCUT2D eigenvalue weighted by Gasteiger charge is -2.25. The number of likely N-dealkylation sites (N-methyl/N-ethyl adjacent to an activating group) is 1. The number of anilines is 1. The summed E-state index contributed by atoms with van der Waals surface area (Å²) in [6, 6.07) is 13.7. The minimum Gasteiger partial charge on any atom is -0.481 e. The van der Waals surface area contributed by atoms with E-state index >= 15 is 0 Å². The topological polar surface area (TPSA) is 32.8 Å². The standard InChI is InChI=1S/C20H23ClN2O2/c1-14-12-17(8-9-18(14)21)25-15(2)20(24)23-11-10-22(3)19-7-5-4-6-16(19)13-23/h4-9,12,15H,10-11,13H2,1-3H3. The summed E-state index contributed by atoms with van der Waals surface area (Å²) in [5, 5.41) is 0.693. The summed E-state index contributed by atoms with van der Waals surface area (Å²) in [5.41, 5.74) is 3.27. The summed E-state index contributed by atoms with van der Waals surface area (Å²) in [6.45, 7) is 5.80. The molecule has 25 heavy (non-hydrogen) atoms. The number of para-hydroxylation sites is 1. The van der Waals surface area contributed by atoms with Crippen molar-refractivity contribution in [2.24, 2.45) is 0 Å². The molecule has 5 heteroatoms. The first-order valence-corrected chi connectivity index (χ1v) is 8.84. The predicted octanol–water partition coefficient (Wildman–Crippen LogP) is 3.89. The van der Waals surface area contributed by atoms with Gasteiger partial charge in [0.2, 0.25) is 0 Å². The van der Waals surface area contributed by atoms with Crippen molar-refractivity contribution >= 4 is 23.2 Å². The third kappa shape index (κ3) is 3.90. The smallest absolute Gasteiger partial charge is 0.263 e. The molecule has 0 bridgehead atoms. The zero-order chi connectivity index (χ0) is 18.0. The predicted molar refractivity (Wildman–Crippen MR) is 101 cm³/mol. The second kappa shape index (κ2) is 7.36. The van der Waals surface area contributed by atoms with Crippen molar-refractivity contribution in [3.8, 4) is 5.75 Å². The zero-order valence-corrected chi connectivity index (χ0v) is 15.6. The van der Waals surface area contributed by atoms with Crippen LogP contribution in [0.25, 0.3) is 0 Å². The molecule has 2 aromatic rings. The summed E-state index contributed by atoms with van der Waals surface area (Å²) in [7, 11) is 2.06. The highest BCUT2D eigenvalue weighted by Crippen LogP contribution is 2.25. The molecule has 1 unspecified atom stereocenters. The fraction of sp³-hybridized carbons (Fsp3) is 0.350. The minimum atomic E-state index is -0.545. The van der Waals surface area contributed by atoms with E-state index in [4.69, 9.17) is 16.3 Å². The molecule has 132 valence electrons. The minimum absolute atomic E-state index is 0.00212. The van der Waals surface area contributed by atoms with Crippen LogP contribution < -0.4 is 9.64 Å². The van der Waals surface area contributed by atoms with Crippen molar-refractivity contribution in [2.75, 3.05) is 25.0 Å². The molecular weight excluding hydrogens is 336 g/mol. The lowest BCUT2D eigenvalue weighted by Crippen LogP contribution is -2.41. The van der Waals surface area contributed by atoms with Crippen LogP contribution >= 0.6 is 11.6 Å². The Hall–Kier alpha value is -2.20. The van der Waals surface area contributed by atoms with E-state index in [1.54, 1.807) is 19.1 Å². The summed E-state index contributed by atoms with van der Waals surface area (Å²) in [5.74, 6) is 0.660. The quantitative estimate of drug-likeness (QED) is 0.834. The number of nitrogens with zero attached hydrogens (tertiary/aromatic N) is 2. The fourth-order valence-electron chi connectivity index (χ4n) is 3.08. The molecule has 4 nitrogen and oxygen atoms in total. The number of rotatable bonds is 3. The molecule has 0 saturated heterocycles. The first kappa shape index (κ1) is 17.6. The Balaban J connectivity index is 1.72. The van der Waals surface area contributed by atoms with Gasteiger partial charge >= 0.3 is 0 Å². The van der Waals surface area contributed by atoms with Crippen molar-refractivity contribution in [2.45, 2.75) is 26.5 Å². The maximum atomic E-state index is 12.9. The van der Waals surface area contributed by atoms with Gasteiger partial charge in [-0.3, -0.25) is 4.79 Å². The molecule has 0 fully saturated rings. The molecule has 2 aromatic carbocycles. The molecular formula is C20H23ClN2O2. The van der Waals surface area contributed by atoms with Crippen LogP contribution in [-0.2, 0) is 11.3 Å². The Bertz CT molecular complexity index is 778. The number of carbonyl (C=O) groups excluding carboxylic acids is 1. The normalized spacial score (nSPS) is 15.4. The Morgan fingerprint density at radius 3 is 2.72 bits per heavy atom. The molecule has 1 aliphatic heterocycles. The van der Waals surface area contributed by atoms with Crippen LogP contribution in [-0.4, -0.2) is 37.0 Å². The van der Waals surface area contributed by atoms with Crippen LogP contribution in [0.15, 0.2) is 42.5 Å². The number of amides is 1. The van der Waals surface area contributed by atoms with Crippen LogP contribution in [0.5, 0.6) is 5.75 Å². The first-order valence-electron chi connectivity index (χ1n) is 8.46. The summed E-state index contributed by atoms with van der Waals surface area (Å²) >= 11 is 6.05. The SMILES string of the molecule is Cc1cc(OC(C)C(=O)N2CCN(C)c3ccccc3C2)ccc1Cl. The summed E-state index contributed by atoms with van der Waals surface area (Å²) < 4.78 is 5.86. The number of carbonyl (C=O) groups is 1. The monoisotopic (exact) mass is 358 g/mol. The van der Waals surface area contributed by atoms with E-state index in [0.29, 0.717) is 23.9 Å². The van der Waals surface area contributed by atoms with Crippen LogP contribution in [0.1, 0.15) is 18.1 Å². The van der Waals surface area contributed by atoms with Gasteiger partial charge in [-0.05, 0) is 49.2 Å². The Morgan fingerprint density at radius 1 is 1.20 bits per heavy atom. The van der Waals surface area contributed by atoms with E-state index < -0.39 is 6.10 Å². The number of halogens is 1. The molecule has 0 saturated carbocycles. The molecule has 1 heterocycles. The number of hydrogen-bond acceptors (Lipinski definition) is 3.